The van der Waals surface area contributed by atoms with E-state index in [1.165, 1.54) is 35.0 Å². The second-order valence-corrected chi connectivity index (χ2v) is 8.48. The maximum absolute atomic E-state index is 3.75. The minimum atomic E-state index is 0.426. The molecular formula is C17H26BrN. The van der Waals surface area contributed by atoms with E-state index >= 15 is 0 Å². The monoisotopic (exact) mass is 323 g/mol. The van der Waals surface area contributed by atoms with Gasteiger partial charge in [-0.1, -0.05) is 39.8 Å². The first-order chi connectivity index (χ1) is 8.69. The Morgan fingerprint density at radius 1 is 1.11 bits per heavy atom. The molecule has 0 radical (unpaired) electrons. The summed E-state index contributed by atoms with van der Waals surface area (Å²) in [6.07, 6.45) is 3.81. The Balaban J connectivity index is 2.16. The lowest BCUT2D eigenvalue weighted by Gasteiger charge is -2.45. The normalized spacial score (nSPS) is 22.2. The molecule has 1 aliphatic rings. The molecule has 2 rings (SSSR count). The highest BCUT2D eigenvalue weighted by Gasteiger charge is 2.38. The molecule has 1 aromatic rings. The van der Waals surface area contributed by atoms with Crippen molar-refractivity contribution < 1.29 is 0 Å². The van der Waals surface area contributed by atoms with Gasteiger partial charge in [-0.25, -0.2) is 0 Å². The van der Waals surface area contributed by atoms with Crippen molar-refractivity contribution in [1.82, 2.24) is 0 Å². The van der Waals surface area contributed by atoms with Gasteiger partial charge in [0.05, 0.1) is 0 Å². The molecule has 106 valence electrons. The van der Waals surface area contributed by atoms with E-state index in [4.69, 9.17) is 0 Å². The van der Waals surface area contributed by atoms with Crippen molar-refractivity contribution in [2.24, 2.45) is 10.8 Å². The minimum Gasteiger partial charge on any atom is -0.381 e. The van der Waals surface area contributed by atoms with E-state index < -0.39 is 0 Å². The Bertz CT molecular complexity index is 446. The summed E-state index contributed by atoms with van der Waals surface area (Å²) >= 11 is 3.70. The molecule has 1 saturated carbocycles. The predicted octanol–water partition coefficient (Wildman–Crippen LogP) is 5.77. The third-order valence-corrected chi connectivity index (χ3v) is 5.16. The Kier molecular flexibility index (Phi) is 4.02. The number of halogens is 1. The van der Waals surface area contributed by atoms with Crippen LogP contribution in [0.3, 0.4) is 0 Å². The highest BCUT2D eigenvalue weighted by Crippen LogP contribution is 2.46. The summed E-state index contributed by atoms with van der Waals surface area (Å²) in [7, 11) is 0. The van der Waals surface area contributed by atoms with Gasteiger partial charge in [-0.2, -0.15) is 0 Å². The maximum atomic E-state index is 3.75. The van der Waals surface area contributed by atoms with Gasteiger partial charge in [0.1, 0.15) is 0 Å². The molecule has 0 heterocycles. The SMILES string of the molecule is Cc1cccc(NC2CC(C)(C)CC(C)(C)C2)c1Br. The van der Waals surface area contributed by atoms with Crippen LogP contribution in [0, 0.1) is 17.8 Å². The van der Waals surface area contributed by atoms with Crippen molar-refractivity contribution in [1.29, 1.82) is 0 Å². The van der Waals surface area contributed by atoms with Crippen LogP contribution < -0.4 is 5.32 Å². The van der Waals surface area contributed by atoms with Gasteiger partial charge in [-0.05, 0) is 64.6 Å². The van der Waals surface area contributed by atoms with E-state index in [9.17, 15) is 0 Å². The summed E-state index contributed by atoms with van der Waals surface area (Å²) < 4.78 is 1.20. The van der Waals surface area contributed by atoms with Crippen molar-refractivity contribution >= 4 is 21.6 Å². The molecule has 0 aromatic heterocycles. The maximum Gasteiger partial charge on any atom is 0.0489 e. The predicted molar refractivity (Wildman–Crippen MR) is 87.7 cm³/mol. The van der Waals surface area contributed by atoms with E-state index in [0.717, 1.165) is 0 Å². The Morgan fingerprint density at radius 2 is 1.68 bits per heavy atom. The lowest BCUT2D eigenvalue weighted by atomic mass is 9.63. The van der Waals surface area contributed by atoms with Gasteiger partial charge in [0.15, 0.2) is 0 Å². The molecule has 19 heavy (non-hydrogen) atoms. The molecule has 1 aromatic carbocycles. The fourth-order valence-electron chi connectivity index (χ4n) is 3.93. The minimum absolute atomic E-state index is 0.426. The van der Waals surface area contributed by atoms with Crippen LogP contribution in [0.5, 0.6) is 0 Å². The van der Waals surface area contributed by atoms with Gasteiger partial charge in [0.25, 0.3) is 0 Å². The van der Waals surface area contributed by atoms with Crippen LogP contribution in [0.2, 0.25) is 0 Å². The molecule has 1 fully saturated rings. The number of hydrogen-bond donors (Lipinski definition) is 1. The Hall–Kier alpha value is -0.500. The lowest BCUT2D eigenvalue weighted by Crippen LogP contribution is -2.40. The van der Waals surface area contributed by atoms with E-state index in [0.29, 0.717) is 16.9 Å². The molecule has 0 amide bonds. The largest absolute Gasteiger partial charge is 0.381 e. The van der Waals surface area contributed by atoms with Gasteiger partial charge in [-0.3, -0.25) is 0 Å². The molecule has 1 aliphatic carbocycles. The summed E-state index contributed by atoms with van der Waals surface area (Å²) in [6, 6.07) is 7.01. The van der Waals surface area contributed by atoms with Crippen molar-refractivity contribution in [3.05, 3.63) is 28.2 Å². The van der Waals surface area contributed by atoms with Crippen LogP contribution in [-0.2, 0) is 0 Å². The van der Waals surface area contributed by atoms with Gasteiger partial charge < -0.3 is 5.32 Å². The highest BCUT2D eigenvalue weighted by atomic mass is 79.9. The number of hydrogen-bond acceptors (Lipinski definition) is 1. The fraction of sp³-hybridized carbons (Fsp3) is 0.647. The number of benzene rings is 1. The van der Waals surface area contributed by atoms with Crippen molar-refractivity contribution in [3.8, 4) is 0 Å². The number of aryl methyl sites for hydroxylation is 1. The zero-order valence-electron chi connectivity index (χ0n) is 12.8. The summed E-state index contributed by atoms with van der Waals surface area (Å²) in [5.74, 6) is 0. The van der Waals surface area contributed by atoms with Gasteiger partial charge in [0.2, 0.25) is 0 Å². The van der Waals surface area contributed by atoms with Crippen LogP contribution in [0.4, 0.5) is 5.69 Å². The molecular weight excluding hydrogens is 298 g/mol. The zero-order valence-corrected chi connectivity index (χ0v) is 14.4. The van der Waals surface area contributed by atoms with Crippen molar-refractivity contribution in [2.45, 2.75) is 59.9 Å². The third kappa shape index (κ3) is 3.75. The molecule has 0 atom stereocenters. The summed E-state index contributed by atoms with van der Waals surface area (Å²) in [6.45, 7) is 11.7. The average Bonchev–Trinajstić information content (AvgIpc) is 2.20. The third-order valence-electron chi connectivity index (χ3n) is 4.11. The molecule has 1 nitrogen and oxygen atoms in total. The second kappa shape index (κ2) is 5.12. The highest BCUT2D eigenvalue weighted by molar-refractivity contribution is 9.10. The van der Waals surface area contributed by atoms with Crippen LogP contribution >= 0.6 is 15.9 Å². The summed E-state index contributed by atoms with van der Waals surface area (Å²) in [5.41, 5.74) is 3.38. The number of rotatable bonds is 2. The van der Waals surface area contributed by atoms with Gasteiger partial charge in [-0.15, -0.1) is 0 Å². The fourth-order valence-corrected chi connectivity index (χ4v) is 4.31. The Labute approximate surface area is 126 Å². The lowest BCUT2D eigenvalue weighted by molar-refractivity contribution is 0.105. The van der Waals surface area contributed by atoms with E-state index in [1.807, 2.05) is 0 Å². The smallest absolute Gasteiger partial charge is 0.0489 e. The molecule has 0 unspecified atom stereocenters. The zero-order chi connectivity index (χ0) is 14.3. The summed E-state index contributed by atoms with van der Waals surface area (Å²) in [4.78, 5) is 0. The molecule has 0 bridgehead atoms. The molecule has 0 saturated heterocycles. The first-order valence-electron chi connectivity index (χ1n) is 7.20. The van der Waals surface area contributed by atoms with E-state index in [1.54, 1.807) is 0 Å². The first-order valence-corrected chi connectivity index (χ1v) is 8.00. The molecule has 2 heteroatoms. The van der Waals surface area contributed by atoms with Crippen molar-refractivity contribution in [2.75, 3.05) is 5.32 Å². The molecule has 0 spiro atoms. The topological polar surface area (TPSA) is 12.0 Å². The molecule has 1 N–H and O–H groups in total. The van der Waals surface area contributed by atoms with Crippen LogP contribution in [-0.4, -0.2) is 6.04 Å². The number of nitrogens with one attached hydrogen (secondary N) is 1. The summed E-state index contributed by atoms with van der Waals surface area (Å²) in [5, 5.41) is 3.75. The van der Waals surface area contributed by atoms with E-state index in [2.05, 4.69) is 74.1 Å². The molecule has 0 aliphatic heterocycles. The standard InChI is InChI=1S/C17H26BrN/c1-12-7-6-8-14(15(12)18)19-13-9-16(2,3)11-17(4,5)10-13/h6-8,13,19H,9-11H2,1-5H3. The van der Waals surface area contributed by atoms with Gasteiger partial charge in [0, 0.05) is 16.2 Å². The van der Waals surface area contributed by atoms with Crippen molar-refractivity contribution in [3.63, 3.8) is 0 Å². The van der Waals surface area contributed by atoms with Gasteiger partial charge >= 0.3 is 0 Å². The average molecular weight is 324 g/mol. The van der Waals surface area contributed by atoms with Crippen LogP contribution in [0.25, 0.3) is 0 Å². The first kappa shape index (κ1) is 14.9. The van der Waals surface area contributed by atoms with Crippen LogP contribution in [0.1, 0.15) is 52.5 Å². The van der Waals surface area contributed by atoms with E-state index in [-0.39, 0.29) is 0 Å². The quantitative estimate of drug-likeness (QED) is 0.728. The Morgan fingerprint density at radius 3 is 2.26 bits per heavy atom. The number of anilines is 1. The van der Waals surface area contributed by atoms with Crippen LogP contribution in [0.15, 0.2) is 22.7 Å². The second-order valence-electron chi connectivity index (χ2n) is 7.69.